The number of rotatable bonds is 6. The van der Waals surface area contributed by atoms with Crippen LogP contribution < -0.4 is 10.5 Å². The lowest BCUT2D eigenvalue weighted by atomic mass is 9.99. The summed E-state index contributed by atoms with van der Waals surface area (Å²) in [6, 6.07) is 1.71. The number of nitrogens with zero attached hydrogens (tertiary/aromatic N) is 3. The second-order valence-electron chi connectivity index (χ2n) is 6.29. The van der Waals surface area contributed by atoms with Crippen molar-refractivity contribution in [2.45, 2.75) is 58.6 Å². The van der Waals surface area contributed by atoms with Crippen molar-refractivity contribution >= 4 is 5.69 Å². The zero-order valence-corrected chi connectivity index (χ0v) is 13.2. The van der Waals surface area contributed by atoms with Crippen molar-refractivity contribution in [1.82, 2.24) is 9.78 Å². The molecular formula is C16H27N3O2. The first-order valence-electron chi connectivity index (χ1n) is 8.06. The predicted octanol–water partition coefficient (Wildman–Crippen LogP) is 2.03. The van der Waals surface area contributed by atoms with Gasteiger partial charge in [-0.3, -0.25) is 4.79 Å². The van der Waals surface area contributed by atoms with E-state index in [0.29, 0.717) is 6.54 Å². The van der Waals surface area contributed by atoms with Crippen molar-refractivity contribution in [1.29, 1.82) is 0 Å². The lowest BCUT2D eigenvalue weighted by Crippen LogP contribution is -2.34. The second-order valence-corrected chi connectivity index (χ2v) is 6.29. The molecule has 1 aliphatic rings. The summed E-state index contributed by atoms with van der Waals surface area (Å²) < 4.78 is 1.53. The second kappa shape index (κ2) is 7.59. The predicted molar refractivity (Wildman–Crippen MR) is 84.6 cm³/mol. The van der Waals surface area contributed by atoms with E-state index >= 15 is 0 Å². The van der Waals surface area contributed by atoms with E-state index in [-0.39, 0.29) is 11.7 Å². The number of hydrogen-bond donors (Lipinski definition) is 1. The Morgan fingerprint density at radius 1 is 1.38 bits per heavy atom. The number of piperidine rings is 1. The fourth-order valence-corrected chi connectivity index (χ4v) is 2.73. The number of hydrogen-bond acceptors (Lipinski definition) is 4. The molecule has 1 fully saturated rings. The van der Waals surface area contributed by atoms with Gasteiger partial charge in [0.25, 0.3) is 5.56 Å². The minimum atomic E-state index is -0.265. The van der Waals surface area contributed by atoms with Gasteiger partial charge in [0.1, 0.15) is 0 Å². The molecule has 0 bridgehead atoms. The summed E-state index contributed by atoms with van der Waals surface area (Å²) in [5, 5.41) is 13.5. The molecule has 0 spiro atoms. The number of aliphatic hydroxyl groups excluding tert-OH is 1. The van der Waals surface area contributed by atoms with Gasteiger partial charge in [0.2, 0.25) is 0 Å². The number of aliphatic hydroxyl groups is 1. The van der Waals surface area contributed by atoms with Crippen molar-refractivity contribution < 1.29 is 5.11 Å². The van der Waals surface area contributed by atoms with Crippen LogP contribution in [0.5, 0.6) is 0 Å². The van der Waals surface area contributed by atoms with Crippen molar-refractivity contribution in [3.05, 3.63) is 22.6 Å². The van der Waals surface area contributed by atoms with E-state index in [1.165, 1.54) is 17.5 Å². The molecule has 118 valence electrons. The van der Waals surface area contributed by atoms with Gasteiger partial charge >= 0.3 is 0 Å². The SMILES string of the molecule is CC(O)CCCCn1ncc(N2CCC(C)CC2)cc1=O. The Labute approximate surface area is 126 Å². The van der Waals surface area contributed by atoms with E-state index in [4.69, 9.17) is 0 Å². The van der Waals surface area contributed by atoms with Crippen LogP contribution in [-0.2, 0) is 6.54 Å². The number of unbranched alkanes of at least 4 members (excludes halogenated alkanes) is 1. The third-order valence-electron chi connectivity index (χ3n) is 4.25. The summed E-state index contributed by atoms with van der Waals surface area (Å²) in [5.41, 5.74) is 0.926. The molecule has 1 N–H and O–H groups in total. The van der Waals surface area contributed by atoms with Gasteiger partial charge in [0.15, 0.2) is 0 Å². The number of anilines is 1. The maximum absolute atomic E-state index is 12.1. The summed E-state index contributed by atoms with van der Waals surface area (Å²) >= 11 is 0. The molecule has 2 heterocycles. The molecule has 1 atom stereocenters. The molecule has 0 aliphatic carbocycles. The first-order valence-corrected chi connectivity index (χ1v) is 8.06. The Kier molecular flexibility index (Phi) is 5.79. The van der Waals surface area contributed by atoms with E-state index < -0.39 is 0 Å². The van der Waals surface area contributed by atoms with Crippen molar-refractivity contribution in [2.24, 2.45) is 5.92 Å². The molecule has 5 nitrogen and oxygen atoms in total. The van der Waals surface area contributed by atoms with Crippen LogP contribution in [0.3, 0.4) is 0 Å². The van der Waals surface area contributed by atoms with Crippen LogP contribution >= 0.6 is 0 Å². The van der Waals surface area contributed by atoms with Gasteiger partial charge in [-0.15, -0.1) is 0 Å². The van der Waals surface area contributed by atoms with Crippen LogP contribution in [0.15, 0.2) is 17.1 Å². The Balaban J connectivity index is 1.90. The van der Waals surface area contributed by atoms with Crippen molar-refractivity contribution in [2.75, 3.05) is 18.0 Å². The molecule has 0 aromatic carbocycles. The van der Waals surface area contributed by atoms with Crippen LogP contribution in [0.25, 0.3) is 0 Å². The van der Waals surface area contributed by atoms with E-state index in [1.807, 2.05) is 6.20 Å². The molecular weight excluding hydrogens is 266 g/mol. The zero-order chi connectivity index (χ0) is 15.2. The highest BCUT2D eigenvalue weighted by Gasteiger charge is 2.16. The minimum absolute atomic E-state index is 0.0248. The normalized spacial score (nSPS) is 18.0. The minimum Gasteiger partial charge on any atom is -0.393 e. The molecule has 1 aliphatic heterocycles. The van der Waals surface area contributed by atoms with E-state index in [0.717, 1.165) is 44.0 Å². The van der Waals surface area contributed by atoms with Crippen molar-refractivity contribution in [3.8, 4) is 0 Å². The largest absolute Gasteiger partial charge is 0.393 e. The topological polar surface area (TPSA) is 58.4 Å². The van der Waals surface area contributed by atoms with E-state index in [2.05, 4.69) is 16.9 Å². The van der Waals surface area contributed by atoms with Crippen molar-refractivity contribution in [3.63, 3.8) is 0 Å². The summed E-state index contributed by atoms with van der Waals surface area (Å²) in [4.78, 5) is 14.4. The summed E-state index contributed by atoms with van der Waals surface area (Å²) in [7, 11) is 0. The first-order chi connectivity index (χ1) is 10.1. The number of aromatic nitrogens is 2. The summed E-state index contributed by atoms with van der Waals surface area (Å²) in [5.74, 6) is 0.781. The highest BCUT2D eigenvalue weighted by atomic mass is 16.3. The highest BCUT2D eigenvalue weighted by Crippen LogP contribution is 2.20. The Hall–Kier alpha value is -1.36. The Morgan fingerprint density at radius 3 is 2.71 bits per heavy atom. The quantitative estimate of drug-likeness (QED) is 0.815. The van der Waals surface area contributed by atoms with Gasteiger partial charge in [-0.25, -0.2) is 4.68 Å². The molecule has 1 saturated heterocycles. The molecule has 1 aromatic heterocycles. The highest BCUT2D eigenvalue weighted by molar-refractivity contribution is 5.43. The van der Waals surface area contributed by atoms with Crippen LogP contribution in [0.1, 0.15) is 46.0 Å². The summed E-state index contributed by atoms with van der Waals surface area (Å²) in [6.45, 7) is 6.73. The van der Waals surface area contributed by atoms with Gasteiger partial charge in [0.05, 0.1) is 18.0 Å². The first kappa shape index (κ1) is 16.0. The van der Waals surface area contributed by atoms with Crippen LogP contribution in [0.2, 0.25) is 0 Å². The molecule has 0 amide bonds. The molecule has 0 saturated carbocycles. The van der Waals surface area contributed by atoms with Crippen LogP contribution in [0, 0.1) is 5.92 Å². The van der Waals surface area contributed by atoms with E-state index in [1.54, 1.807) is 13.0 Å². The van der Waals surface area contributed by atoms with Gasteiger partial charge in [-0.05, 0) is 44.9 Å². The lowest BCUT2D eigenvalue weighted by Gasteiger charge is -2.31. The van der Waals surface area contributed by atoms with Gasteiger partial charge < -0.3 is 10.0 Å². The fraction of sp³-hybridized carbons (Fsp3) is 0.750. The fourth-order valence-electron chi connectivity index (χ4n) is 2.73. The molecule has 1 aromatic rings. The molecule has 21 heavy (non-hydrogen) atoms. The standard InChI is InChI=1S/C16H27N3O2/c1-13-6-9-18(10-7-13)15-11-16(21)19(17-12-15)8-4-3-5-14(2)20/h11-14,20H,3-10H2,1-2H3. The zero-order valence-electron chi connectivity index (χ0n) is 13.2. The van der Waals surface area contributed by atoms with Gasteiger partial charge in [0, 0.05) is 25.7 Å². The smallest absolute Gasteiger partial charge is 0.268 e. The average molecular weight is 293 g/mol. The Bertz CT molecular complexity index is 491. The molecule has 5 heteroatoms. The molecule has 1 unspecified atom stereocenters. The van der Waals surface area contributed by atoms with E-state index in [9.17, 15) is 9.90 Å². The third-order valence-corrected chi connectivity index (χ3v) is 4.25. The van der Waals surface area contributed by atoms with Crippen LogP contribution in [0.4, 0.5) is 5.69 Å². The summed E-state index contributed by atoms with van der Waals surface area (Å²) in [6.07, 6.45) is 6.48. The maximum Gasteiger partial charge on any atom is 0.268 e. The molecule has 2 rings (SSSR count). The third kappa shape index (κ3) is 4.84. The van der Waals surface area contributed by atoms with Crippen LogP contribution in [-0.4, -0.2) is 34.1 Å². The molecule has 0 radical (unpaired) electrons. The average Bonchev–Trinajstić information content (AvgIpc) is 2.45. The Morgan fingerprint density at radius 2 is 2.10 bits per heavy atom. The monoisotopic (exact) mass is 293 g/mol. The number of aryl methyl sites for hydroxylation is 1. The lowest BCUT2D eigenvalue weighted by molar-refractivity contribution is 0.179. The van der Waals surface area contributed by atoms with Gasteiger partial charge in [-0.2, -0.15) is 5.10 Å². The maximum atomic E-state index is 12.1. The van der Waals surface area contributed by atoms with Gasteiger partial charge in [-0.1, -0.05) is 6.92 Å².